The number of hydrazine groups is 1. The Bertz CT molecular complexity index is 2360. The van der Waals surface area contributed by atoms with Crippen LogP contribution in [0.2, 0.25) is 0 Å². The highest BCUT2D eigenvalue weighted by Gasteiger charge is 2.46. The number of aliphatic carboxylic acids is 2. The van der Waals surface area contributed by atoms with Gasteiger partial charge in [0.2, 0.25) is 23.6 Å². The summed E-state index contributed by atoms with van der Waals surface area (Å²) in [6.45, 7) is 11.8. The number of hydrogen-bond acceptors (Lipinski definition) is 10. The van der Waals surface area contributed by atoms with Crippen molar-refractivity contribution in [2.24, 2.45) is 23.2 Å². The lowest BCUT2D eigenvalue weighted by molar-refractivity contribution is -0.151. The molecule has 5 atom stereocenters. The number of hydrogen-bond donors (Lipinski definition) is 6. The van der Waals surface area contributed by atoms with Crippen LogP contribution in [0.25, 0.3) is 10.9 Å². The second kappa shape index (κ2) is 24.0. The highest BCUT2D eigenvalue weighted by atomic mass is 16.4. The number of rotatable bonds is 20. The van der Waals surface area contributed by atoms with Gasteiger partial charge in [0.1, 0.15) is 36.4 Å². The third kappa shape index (κ3) is 15.4. The average molecular weight is 941 g/mol. The number of likely N-dealkylation sites (tertiary alicyclic amines) is 1. The summed E-state index contributed by atoms with van der Waals surface area (Å²) in [5.74, 6) is -9.79. The fraction of sp³-hybridized carbons (Fsp3) is 0.469. The molecular formula is C49H64N8O11. The Morgan fingerprint density at radius 3 is 2.03 bits per heavy atom. The zero-order valence-electron chi connectivity index (χ0n) is 39.9. The Morgan fingerprint density at radius 1 is 0.779 bits per heavy atom. The molecule has 1 saturated heterocycles. The number of aromatic nitrogens is 1. The molecule has 6 N–H and O–H groups in total. The van der Waals surface area contributed by atoms with Crippen molar-refractivity contribution in [1.82, 2.24) is 41.2 Å². The second-order valence-electron chi connectivity index (χ2n) is 18.9. The van der Waals surface area contributed by atoms with Gasteiger partial charge in [-0.25, -0.2) is 9.99 Å². The molecule has 19 heteroatoms. The predicted molar refractivity (Wildman–Crippen MR) is 251 cm³/mol. The van der Waals surface area contributed by atoms with E-state index in [1.165, 1.54) is 22.9 Å². The van der Waals surface area contributed by atoms with E-state index in [2.05, 4.69) is 26.4 Å². The number of nitrogens with zero attached hydrogens (tertiary/aromatic N) is 4. The van der Waals surface area contributed by atoms with Gasteiger partial charge in [-0.1, -0.05) is 103 Å². The minimum absolute atomic E-state index is 0.0481. The van der Waals surface area contributed by atoms with Crippen molar-refractivity contribution in [1.29, 1.82) is 0 Å². The van der Waals surface area contributed by atoms with E-state index in [4.69, 9.17) is 0 Å². The van der Waals surface area contributed by atoms with Crippen LogP contribution < -0.4 is 21.4 Å². The first-order valence-electron chi connectivity index (χ1n) is 22.6. The van der Waals surface area contributed by atoms with Crippen LogP contribution >= 0.6 is 0 Å². The van der Waals surface area contributed by atoms with Crippen LogP contribution in [0.1, 0.15) is 90.2 Å². The Labute approximate surface area is 396 Å². The molecule has 2 heterocycles. The third-order valence-electron chi connectivity index (χ3n) is 11.3. The van der Waals surface area contributed by atoms with E-state index in [1.807, 2.05) is 63.2 Å². The molecule has 1 fully saturated rings. The molecule has 1 aliphatic rings. The van der Waals surface area contributed by atoms with Crippen LogP contribution in [0.5, 0.6) is 0 Å². The van der Waals surface area contributed by atoms with E-state index in [0.29, 0.717) is 23.4 Å². The smallest absolute Gasteiger partial charge is 0.325 e. The van der Waals surface area contributed by atoms with Crippen molar-refractivity contribution in [3.63, 3.8) is 0 Å². The number of amides is 7. The number of carboxylic acid groups (broad SMARTS) is 2. The molecule has 68 heavy (non-hydrogen) atoms. The minimum Gasteiger partial charge on any atom is -0.481 e. The van der Waals surface area contributed by atoms with Gasteiger partial charge in [-0.05, 0) is 60.1 Å². The number of carbonyl (C=O) groups is 9. The number of likely N-dealkylation sites (N-methyl/N-ethyl adjacent to an activating group) is 1. The van der Waals surface area contributed by atoms with E-state index in [1.54, 1.807) is 45.9 Å². The van der Waals surface area contributed by atoms with E-state index >= 15 is 0 Å². The molecular weight excluding hydrogens is 877 g/mol. The van der Waals surface area contributed by atoms with Crippen LogP contribution in [-0.4, -0.2) is 128 Å². The van der Waals surface area contributed by atoms with Crippen molar-refractivity contribution >= 4 is 64.2 Å². The summed E-state index contributed by atoms with van der Waals surface area (Å²) >= 11 is 0. The molecule has 1 aromatic heterocycles. The topological polar surface area (TPSA) is 265 Å². The molecule has 1 unspecified atom stereocenters. The first kappa shape index (κ1) is 53.4. The van der Waals surface area contributed by atoms with Crippen LogP contribution in [0.4, 0.5) is 0 Å². The summed E-state index contributed by atoms with van der Waals surface area (Å²) in [6, 6.07) is 14.3. The number of benzene rings is 2. The summed E-state index contributed by atoms with van der Waals surface area (Å²) in [5.41, 5.74) is 3.47. The first-order valence-corrected chi connectivity index (χ1v) is 22.6. The number of pyridine rings is 1. The molecule has 0 aliphatic carbocycles. The molecule has 366 valence electrons. The van der Waals surface area contributed by atoms with Gasteiger partial charge in [-0.15, -0.1) is 0 Å². The summed E-state index contributed by atoms with van der Waals surface area (Å²) in [6.07, 6.45) is 1.65. The maximum Gasteiger partial charge on any atom is 0.325 e. The molecule has 19 nitrogen and oxygen atoms in total. The van der Waals surface area contributed by atoms with Crippen molar-refractivity contribution in [2.75, 3.05) is 20.1 Å². The zero-order chi connectivity index (χ0) is 50.5. The Kier molecular flexibility index (Phi) is 18.9. The van der Waals surface area contributed by atoms with Gasteiger partial charge in [0.25, 0.3) is 17.7 Å². The molecule has 7 amide bonds. The SMILES string of the molecule is CC(C)[C@H](NC(=O)c1ccc2ccccc2n1)C(=O)N[C@@H](CCC(=O)O)C(=O)N[C@H](C(=O)N1CC[C@H](CC(C)(C)C)C1C(=O)NN(CC(=O)O)C(=O)/C=C/C(=O)N(C)Cc1ccccc1)C(C)C. The van der Waals surface area contributed by atoms with Gasteiger partial charge in [-0.2, -0.15) is 0 Å². The van der Waals surface area contributed by atoms with Gasteiger partial charge in [0.15, 0.2) is 0 Å². The lowest BCUT2D eigenvalue weighted by atomic mass is 9.81. The number of carbonyl (C=O) groups excluding carboxylic acids is 7. The van der Waals surface area contributed by atoms with Crippen LogP contribution in [0, 0.1) is 23.2 Å². The van der Waals surface area contributed by atoms with Gasteiger partial charge in [0, 0.05) is 44.1 Å². The van der Waals surface area contributed by atoms with Gasteiger partial charge < -0.3 is 36.0 Å². The third-order valence-corrected chi connectivity index (χ3v) is 11.3. The molecule has 2 aromatic carbocycles. The van der Waals surface area contributed by atoms with Crippen molar-refractivity contribution in [3.05, 3.63) is 90.1 Å². The van der Waals surface area contributed by atoms with E-state index in [9.17, 15) is 53.4 Å². The van der Waals surface area contributed by atoms with Crippen molar-refractivity contribution < 1.29 is 53.4 Å². The van der Waals surface area contributed by atoms with Crippen molar-refractivity contribution in [2.45, 2.75) is 105 Å². The maximum atomic E-state index is 14.6. The summed E-state index contributed by atoms with van der Waals surface area (Å²) in [4.78, 5) is 127. The quantitative estimate of drug-likeness (QED) is 0.0705. The highest BCUT2D eigenvalue weighted by Crippen LogP contribution is 2.36. The molecule has 0 bridgehead atoms. The monoisotopic (exact) mass is 940 g/mol. The molecule has 0 radical (unpaired) electrons. The predicted octanol–water partition coefficient (Wildman–Crippen LogP) is 3.29. The van der Waals surface area contributed by atoms with E-state index < -0.39 is 108 Å². The molecule has 3 aromatic rings. The van der Waals surface area contributed by atoms with Crippen LogP contribution in [-0.2, 0) is 44.9 Å². The fourth-order valence-corrected chi connectivity index (χ4v) is 7.95. The highest BCUT2D eigenvalue weighted by molar-refractivity contribution is 6.01. The largest absolute Gasteiger partial charge is 0.481 e. The number of para-hydroxylation sites is 1. The fourth-order valence-electron chi connectivity index (χ4n) is 7.95. The summed E-state index contributed by atoms with van der Waals surface area (Å²) < 4.78 is 0. The molecule has 0 spiro atoms. The van der Waals surface area contributed by atoms with Gasteiger partial charge in [0.05, 0.1) is 5.52 Å². The number of fused-ring (bicyclic) bond motifs is 1. The Hall–Kier alpha value is -7.18. The molecule has 0 saturated carbocycles. The number of nitrogens with one attached hydrogen (secondary N) is 4. The molecule has 1 aliphatic heterocycles. The summed E-state index contributed by atoms with van der Waals surface area (Å²) in [5, 5.41) is 28.6. The van der Waals surface area contributed by atoms with E-state index in [-0.39, 0.29) is 30.6 Å². The standard InChI is InChI=1S/C49H64N8O11/c1-29(2)41(52-44(64)35-19-18-32-16-12-13-17-34(32)50-35)46(66)51-36(20-23-39(60)61)45(65)53-42(30(3)4)48(68)56-25-24-33(26-49(5,6)7)43(56)47(67)54-57(28-40(62)63)38(59)22-21-37(58)55(8)27-31-14-10-9-11-15-31/h9-19,21-22,29-30,33,36,41-43H,20,23-28H2,1-8H3,(H,51,66)(H,52,64)(H,53,65)(H,54,67)(H,60,61)(H,62,63)/b22-21+/t33-,36+,41+,42+,43?/m1/s1. The maximum absolute atomic E-state index is 14.6. The summed E-state index contributed by atoms with van der Waals surface area (Å²) in [7, 11) is 1.53. The zero-order valence-corrected chi connectivity index (χ0v) is 39.9. The lowest BCUT2D eigenvalue weighted by Gasteiger charge is -2.35. The normalized spacial score (nSPS) is 16.2. The van der Waals surface area contributed by atoms with E-state index in [0.717, 1.165) is 23.1 Å². The van der Waals surface area contributed by atoms with Crippen LogP contribution in [0.15, 0.2) is 78.9 Å². The Balaban J connectivity index is 1.55. The van der Waals surface area contributed by atoms with Gasteiger partial charge >= 0.3 is 11.9 Å². The van der Waals surface area contributed by atoms with Gasteiger partial charge in [-0.3, -0.25) is 48.6 Å². The van der Waals surface area contributed by atoms with Crippen LogP contribution in [0.3, 0.4) is 0 Å². The number of carboxylic acids is 2. The molecule has 4 rings (SSSR count). The lowest BCUT2D eigenvalue weighted by Crippen LogP contribution is -2.61. The minimum atomic E-state index is -1.48. The van der Waals surface area contributed by atoms with Crippen molar-refractivity contribution in [3.8, 4) is 0 Å². The second-order valence-corrected chi connectivity index (χ2v) is 18.9. The average Bonchev–Trinajstić information content (AvgIpc) is 3.68. The first-order chi connectivity index (χ1) is 31.9. The Morgan fingerprint density at radius 2 is 1.41 bits per heavy atom.